The third-order valence-corrected chi connectivity index (χ3v) is 3.62. The van der Waals surface area contributed by atoms with Gasteiger partial charge in [0.15, 0.2) is 5.82 Å². The first-order valence-corrected chi connectivity index (χ1v) is 7.41. The predicted octanol–water partition coefficient (Wildman–Crippen LogP) is -0.0512. The molecule has 1 atom stereocenters. The van der Waals surface area contributed by atoms with E-state index in [-0.39, 0.29) is 12.0 Å². The fraction of sp³-hybridized carbons (Fsp3) is 0.615. The Morgan fingerprint density at radius 3 is 3.18 bits per heavy atom. The van der Waals surface area contributed by atoms with Gasteiger partial charge in [-0.25, -0.2) is 4.98 Å². The molecule has 0 bridgehead atoms. The number of H-pyrrole nitrogens is 1. The van der Waals surface area contributed by atoms with Gasteiger partial charge in [-0.05, 0) is 0 Å². The number of hydrogen-bond acceptors (Lipinski definition) is 6. The third-order valence-electron chi connectivity index (χ3n) is 3.62. The number of hydrogen-bond donors (Lipinski definition) is 1. The molecule has 2 aromatic heterocycles. The van der Waals surface area contributed by atoms with Crippen LogP contribution >= 0.6 is 0 Å². The number of aryl methyl sites for hydroxylation is 2. The number of nitrogens with zero attached hydrogens (tertiary/aromatic N) is 6. The number of amides is 1. The molecule has 1 N–H and O–H groups in total. The van der Waals surface area contributed by atoms with Crippen LogP contribution in [0.15, 0.2) is 12.4 Å². The van der Waals surface area contributed by atoms with Crippen LogP contribution in [-0.2, 0) is 22.5 Å². The zero-order chi connectivity index (χ0) is 15.4. The molecule has 0 saturated carbocycles. The summed E-state index contributed by atoms with van der Waals surface area (Å²) in [5.41, 5.74) is 0. The molecule has 9 nitrogen and oxygen atoms in total. The minimum Gasteiger partial charge on any atom is -0.366 e. The Morgan fingerprint density at radius 2 is 2.45 bits per heavy atom. The van der Waals surface area contributed by atoms with Crippen LogP contribution in [0.25, 0.3) is 0 Å². The van der Waals surface area contributed by atoms with Crippen LogP contribution in [0, 0.1) is 0 Å². The average Bonchev–Trinajstić information content (AvgIpc) is 3.24. The SMILES string of the molecule is CCc1nc(C2CN(C(=O)CCn3ccnn3)CCO2)n[nH]1. The van der Waals surface area contributed by atoms with Crippen LogP contribution in [0.3, 0.4) is 0 Å². The zero-order valence-corrected chi connectivity index (χ0v) is 12.5. The van der Waals surface area contributed by atoms with Crippen molar-refractivity contribution in [2.45, 2.75) is 32.4 Å². The van der Waals surface area contributed by atoms with E-state index >= 15 is 0 Å². The number of carbonyl (C=O) groups excluding carboxylic acids is 1. The van der Waals surface area contributed by atoms with Gasteiger partial charge in [0.2, 0.25) is 5.91 Å². The highest BCUT2D eigenvalue weighted by molar-refractivity contribution is 5.76. The molecule has 3 heterocycles. The molecule has 1 amide bonds. The molecular weight excluding hydrogens is 286 g/mol. The summed E-state index contributed by atoms with van der Waals surface area (Å²) in [5.74, 6) is 1.52. The quantitative estimate of drug-likeness (QED) is 0.831. The van der Waals surface area contributed by atoms with E-state index in [4.69, 9.17) is 4.74 Å². The molecule has 22 heavy (non-hydrogen) atoms. The summed E-state index contributed by atoms with van der Waals surface area (Å²) in [4.78, 5) is 18.5. The largest absolute Gasteiger partial charge is 0.366 e. The van der Waals surface area contributed by atoms with Crippen molar-refractivity contribution in [3.63, 3.8) is 0 Å². The molecule has 118 valence electrons. The Labute approximate surface area is 127 Å². The van der Waals surface area contributed by atoms with Crippen molar-refractivity contribution >= 4 is 5.91 Å². The molecule has 1 aliphatic rings. The maximum Gasteiger partial charge on any atom is 0.224 e. The lowest BCUT2D eigenvalue weighted by molar-refractivity contribution is -0.139. The van der Waals surface area contributed by atoms with E-state index in [0.29, 0.717) is 38.5 Å². The van der Waals surface area contributed by atoms with Gasteiger partial charge in [-0.2, -0.15) is 5.10 Å². The maximum absolute atomic E-state index is 12.3. The Bertz CT molecular complexity index is 610. The van der Waals surface area contributed by atoms with Crippen molar-refractivity contribution in [3.05, 3.63) is 24.0 Å². The van der Waals surface area contributed by atoms with Crippen LogP contribution in [0.4, 0.5) is 0 Å². The van der Waals surface area contributed by atoms with E-state index in [1.54, 1.807) is 22.0 Å². The van der Waals surface area contributed by atoms with E-state index in [0.717, 1.165) is 12.2 Å². The van der Waals surface area contributed by atoms with Gasteiger partial charge in [-0.15, -0.1) is 5.10 Å². The molecule has 0 spiro atoms. The Balaban J connectivity index is 1.56. The molecule has 1 saturated heterocycles. The second-order valence-electron chi connectivity index (χ2n) is 5.11. The van der Waals surface area contributed by atoms with Gasteiger partial charge in [0.1, 0.15) is 11.9 Å². The number of morpholine rings is 1. The minimum absolute atomic E-state index is 0.0788. The summed E-state index contributed by atoms with van der Waals surface area (Å²) in [6, 6.07) is 0. The fourth-order valence-corrected chi connectivity index (χ4v) is 2.36. The first-order valence-electron chi connectivity index (χ1n) is 7.41. The first kappa shape index (κ1) is 14.6. The van der Waals surface area contributed by atoms with Gasteiger partial charge in [-0.3, -0.25) is 14.6 Å². The minimum atomic E-state index is -0.263. The fourth-order valence-electron chi connectivity index (χ4n) is 2.36. The van der Waals surface area contributed by atoms with E-state index in [1.807, 2.05) is 6.92 Å². The summed E-state index contributed by atoms with van der Waals surface area (Å²) in [6.07, 6.45) is 4.27. The van der Waals surface area contributed by atoms with Gasteiger partial charge in [0.05, 0.1) is 25.9 Å². The lowest BCUT2D eigenvalue weighted by Crippen LogP contribution is -2.42. The number of ether oxygens (including phenoxy) is 1. The predicted molar refractivity (Wildman–Crippen MR) is 75.7 cm³/mol. The van der Waals surface area contributed by atoms with Gasteiger partial charge >= 0.3 is 0 Å². The number of aromatic amines is 1. The number of rotatable bonds is 5. The molecule has 9 heteroatoms. The highest BCUT2D eigenvalue weighted by Gasteiger charge is 2.27. The van der Waals surface area contributed by atoms with Crippen LogP contribution in [-0.4, -0.2) is 60.7 Å². The highest BCUT2D eigenvalue weighted by Crippen LogP contribution is 2.19. The molecule has 2 aromatic rings. The number of carbonyl (C=O) groups is 1. The lowest BCUT2D eigenvalue weighted by Gasteiger charge is -2.31. The zero-order valence-electron chi connectivity index (χ0n) is 12.5. The summed E-state index contributed by atoms with van der Waals surface area (Å²) in [7, 11) is 0. The lowest BCUT2D eigenvalue weighted by atomic mass is 10.2. The second-order valence-corrected chi connectivity index (χ2v) is 5.11. The van der Waals surface area contributed by atoms with Gasteiger partial charge in [-0.1, -0.05) is 12.1 Å². The summed E-state index contributed by atoms with van der Waals surface area (Å²) < 4.78 is 7.34. The Kier molecular flexibility index (Phi) is 4.42. The molecule has 3 rings (SSSR count). The van der Waals surface area contributed by atoms with E-state index < -0.39 is 0 Å². The maximum atomic E-state index is 12.3. The Hall–Kier alpha value is -2.29. The van der Waals surface area contributed by atoms with Gasteiger partial charge in [0.25, 0.3) is 0 Å². The number of nitrogens with one attached hydrogen (secondary N) is 1. The van der Waals surface area contributed by atoms with Crippen molar-refractivity contribution in [2.75, 3.05) is 19.7 Å². The summed E-state index contributed by atoms with van der Waals surface area (Å²) >= 11 is 0. The average molecular weight is 305 g/mol. The van der Waals surface area contributed by atoms with Crippen LogP contribution in [0.2, 0.25) is 0 Å². The van der Waals surface area contributed by atoms with E-state index in [1.165, 1.54) is 0 Å². The monoisotopic (exact) mass is 305 g/mol. The van der Waals surface area contributed by atoms with Crippen molar-refractivity contribution in [3.8, 4) is 0 Å². The first-order chi connectivity index (χ1) is 10.8. The van der Waals surface area contributed by atoms with Crippen LogP contribution in [0.1, 0.15) is 31.1 Å². The molecule has 0 radical (unpaired) electrons. The normalized spacial score (nSPS) is 18.6. The summed E-state index contributed by atoms with van der Waals surface area (Å²) in [5, 5.41) is 14.6. The Morgan fingerprint density at radius 1 is 1.55 bits per heavy atom. The van der Waals surface area contributed by atoms with Gasteiger partial charge < -0.3 is 9.64 Å². The van der Waals surface area contributed by atoms with Crippen LogP contribution < -0.4 is 0 Å². The van der Waals surface area contributed by atoms with Crippen molar-refractivity contribution in [2.24, 2.45) is 0 Å². The number of aromatic nitrogens is 6. The molecule has 0 aliphatic carbocycles. The van der Waals surface area contributed by atoms with Crippen molar-refractivity contribution in [1.29, 1.82) is 0 Å². The van der Waals surface area contributed by atoms with Crippen LogP contribution in [0.5, 0.6) is 0 Å². The second kappa shape index (κ2) is 6.65. The summed E-state index contributed by atoms with van der Waals surface area (Å²) in [6.45, 7) is 4.11. The molecule has 1 unspecified atom stereocenters. The van der Waals surface area contributed by atoms with E-state index in [2.05, 4.69) is 25.5 Å². The van der Waals surface area contributed by atoms with Crippen molar-refractivity contribution < 1.29 is 9.53 Å². The highest BCUT2D eigenvalue weighted by atomic mass is 16.5. The molecule has 1 aliphatic heterocycles. The standard InChI is InChI=1S/C13H19N7O2/c1-2-11-15-13(17-16-11)10-9-19(7-8-22-10)12(21)3-5-20-6-4-14-18-20/h4,6,10H,2-3,5,7-9H2,1H3,(H,15,16,17). The van der Waals surface area contributed by atoms with Gasteiger partial charge in [0, 0.05) is 25.6 Å². The smallest absolute Gasteiger partial charge is 0.224 e. The molecule has 0 aromatic carbocycles. The molecule has 1 fully saturated rings. The molecular formula is C13H19N7O2. The van der Waals surface area contributed by atoms with E-state index in [9.17, 15) is 4.79 Å². The third kappa shape index (κ3) is 3.30. The van der Waals surface area contributed by atoms with Crippen molar-refractivity contribution in [1.82, 2.24) is 35.1 Å². The topological polar surface area (TPSA) is 102 Å².